The number of ether oxygens (including phenoxy) is 5. The van der Waals surface area contributed by atoms with Crippen LogP contribution in [0.2, 0.25) is 0 Å². The van der Waals surface area contributed by atoms with Crippen molar-refractivity contribution in [3.63, 3.8) is 0 Å². The second-order valence-electron chi connectivity index (χ2n) is 10.5. The van der Waals surface area contributed by atoms with Gasteiger partial charge in [0.1, 0.15) is 23.5 Å². The summed E-state index contributed by atoms with van der Waals surface area (Å²) in [5, 5.41) is 3.08. The van der Waals surface area contributed by atoms with Gasteiger partial charge in [-0.25, -0.2) is 8.78 Å². The summed E-state index contributed by atoms with van der Waals surface area (Å²) in [6, 6.07) is 11.2. The van der Waals surface area contributed by atoms with Crippen LogP contribution in [0.15, 0.2) is 42.5 Å². The van der Waals surface area contributed by atoms with Gasteiger partial charge in [0, 0.05) is 24.4 Å². The molecule has 200 valence electrons. The number of fused-ring (bicyclic) bond motifs is 1. The highest BCUT2D eigenvalue weighted by Crippen LogP contribution is 2.44. The van der Waals surface area contributed by atoms with Crippen molar-refractivity contribution in [2.75, 3.05) is 7.11 Å². The quantitative estimate of drug-likeness (QED) is 0.531. The monoisotopic (exact) mass is 517 g/mol. The number of benzene rings is 2. The molecule has 2 aromatic rings. The Hall–Kier alpha value is -2.59. The molecule has 7 nitrogen and oxygen atoms in total. The molecule has 0 bridgehead atoms. The minimum atomic E-state index is -1.28. The summed E-state index contributed by atoms with van der Waals surface area (Å²) in [5.41, 5.74) is -0.613. The summed E-state index contributed by atoms with van der Waals surface area (Å²) in [6.07, 6.45) is 0.520. The van der Waals surface area contributed by atoms with Gasteiger partial charge >= 0.3 is 0 Å². The highest BCUT2D eigenvalue weighted by atomic mass is 19.1. The van der Waals surface area contributed by atoms with Crippen molar-refractivity contribution in [2.24, 2.45) is 0 Å². The highest BCUT2D eigenvalue weighted by molar-refractivity contribution is 5.86. The summed E-state index contributed by atoms with van der Waals surface area (Å²) < 4.78 is 58.8. The summed E-state index contributed by atoms with van der Waals surface area (Å²) >= 11 is 0. The number of halogens is 2. The Balaban J connectivity index is 1.42. The molecule has 0 radical (unpaired) electrons. The van der Waals surface area contributed by atoms with E-state index < -0.39 is 41.3 Å². The van der Waals surface area contributed by atoms with Crippen LogP contribution in [0, 0.1) is 11.6 Å². The number of carbonyl (C=O) groups is 1. The molecule has 3 aliphatic rings. The van der Waals surface area contributed by atoms with Crippen molar-refractivity contribution >= 4 is 5.91 Å². The van der Waals surface area contributed by atoms with E-state index in [-0.39, 0.29) is 43.6 Å². The Bertz CT molecular complexity index is 1120. The number of hydrogen-bond donors (Lipinski definition) is 1. The van der Waals surface area contributed by atoms with Crippen molar-refractivity contribution in [3.05, 3.63) is 65.2 Å². The lowest BCUT2D eigenvalue weighted by atomic mass is 9.78. The minimum absolute atomic E-state index is 0.117. The molecule has 9 heteroatoms. The van der Waals surface area contributed by atoms with Gasteiger partial charge in [-0.05, 0) is 56.5 Å². The van der Waals surface area contributed by atoms with Crippen LogP contribution in [0.3, 0.4) is 0 Å². The first-order chi connectivity index (χ1) is 17.7. The summed E-state index contributed by atoms with van der Waals surface area (Å²) in [4.78, 5) is 13.7. The van der Waals surface area contributed by atoms with Crippen molar-refractivity contribution in [1.82, 2.24) is 5.32 Å². The molecule has 1 unspecified atom stereocenters. The maximum Gasteiger partial charge on any atom is 0.252 e. The molecule has 0 spiro atoms. The van der Waals surface area contributed by atoms with E-state index in [9.17, 15) is 13.6 Å². The van der Waals surface area contributed by atoms with Crippen LogP contribution in [-0.4, -0.2) is 48.8 Å². The fourth-order valence-electron chi connectivity index (χ4n) is 5.10. The van der Waals surface area contributed by atoms with Crippen molar-refractivity contribution in [2.45, 2.75) is 88.5 Å². The van der Waals surface area contributed by atoms with E-state index in [0.29, 0.717) is 5.75 Å². The first-order valence-electron chi connectivity index (χ1n) is 12.7. The Morgan fingerprint density at radius 1 is 1.05 bits per heavy atom. The van der Waals surface area contributed by atoms with Crippen LogP contribution in [-0.2, 0) is 37.0 Å². The zero-order valence-corrected chi connectivity index (χ0v) is 21.3. The number of nitrogens with one attached hydrogen (secondary N) is 1. The fraction of sp³-hybridized carbons (Fsp3) is 0.536. The largest absolute Gasteiger partial charge is 0.497 e. The molecule has 2 aromatic carbocycles. The van der Waals surface area contributed by atoms with Crippen LogP contribution in [0.1, 0.15) is 50.7 Å². The van der Waals surface area contributed by atoms with Gasteiger partial charge < -0.3 is 29.0 Å². The van der Waals surface area contributed by atoms with Crippen LogP contribution in [0.4, 0.5) is 8.78 Å². The first-order valence-corrected chi connectivity index (χ1v) is 12.7. The van der Waals surface area contributed by atoms with Gasteiger partial charge in [-0.3, -0.25) is 4.79 Å². The number of amides is 1. The van der Waals surface area contributed by atoms with Crippen LogP contribution in [0.25, 0.3) is 0 Å². The van der Waals surface area contributed by atoms with Crippen LogP contribution in [0.5, 0.6) is 5.75 Å². The maximum atomic E-state index is 14.3. The molecule has 4 atom stereocenters. The average Bonchev–Trinajstić information content (AvgIpc) is 3.62. The van der Waals surface area contributed by atoms with E-state index in [1.165, 1.54) is 18.2 Å². The molecular weight excluding hydrogens is 484 g/mol. The fourth-order valence-corrected chi connectivity index (χ4v) is 5.10. The number of carbonyl (C=O) groups excluding carboxylic acids is 1. The van der Waals surface area contributed by atoms with Crippen LogP contribution >= 0.6 is 0 Å². The van der Waals surface area contributed by atoms with Crippen molar-refractivity contribution in [3.8, 4) is 5.75 Å². The predicted octanol–water partition coefficient (Wildman–Crippen LogP) is 4.41. The second kappa shape index (κ2) is 10.3. The minimum Gasteiger partial charge on any atom is -0.497 e. The third kappa shape index (κ3) is 5.80. The zero-order chi connectivity index (χ0) is 26.2. The van der Waals surface area contributed by atoms with Gasteiger partial charge in [0.05, 0.1) is 32.5 Å². The lowest BCUT2D eigenvalue weighted by Crippen LogP contribution is -2.60. The number of methoxy groups -OCH3 is 1. The number of hydrogen-bond acceptors (Lipinski definition) is 6. The van der Waals surface area contributed by atoms with Gasteiger partial charge in [0.25, 0.3) is 5.91 Å². The van der Waals surface area contributed by atoms with E-state index in [0.717, 1.165) is 18.4 Å². The molecule has 1 heterocycles. The first kappa shape index (κ1) is 26.0. The topological polar surface area (TPSA) is 75.3 Å². The van der Waals surface area contributed by atoms with Gasteiger partial charge in [0.2, 0.25) is 0 Å². The normalized spacial score (nSPS) is 28.5. The SMILES string of the molecule is COc1cccc(CO[C@]2(C(=O)NC3CC3)CC(OCc3c(F)cccc3F)[C@@H]3OC(C)(C)O[C@@H]3C2)c1. The summed E-state index contributed by atoms with van der Waals surface area (Å²) in [5.74, 6) is -1.85. The Morgan fingerprint density at radius 3 is 2.49 bits per heavy atom. The van der Waals surface area contributed by atoms with E-state index >= 15 is 0 Å². The van der Waals surface area contributed by atoms with Gasteiger partial charge in [-0.2, -0.15) is 0 Å². The van der Waals surface area contributed by atoms with Crippen LogP contribution < -0.4 is 10.1 Å². The molecule has 2 aliphatic carbocycles. The van der Waals surface area contributed by atoms with Gasteiger partial charge in [0.15, 0.2) is 11.4 Å². The number of rotatable bonds is 9. The molecule has 2 saturated carbocycles. The molecule has 37 heavy (non-hydrogen) atoms. The van der Waals surface area contributed by atoms with E-state index in [4.69, 9.17) is 23.7 Å². The molecule has 1 amide bonds. The second-order valence-corrected chi connectivity index (χ2v) is 10.5. The lowest BCUT2D eigenvalue weighted by molar-refractivity contribution is -0.183. The van der Waals surface area contributed by atoms with Gasteiger partial charge in [-0.15, -0.1) is 0 Å². The Morgan fingerprint density at radius 2 is 1.78 bits per heavy atom. The summed E-state index contributed by atoms with van der Waals surface area (Å²) in [7, 11) is 1.59. The Kier molecular flexibility index (Phi) is 7.24. The van der Waals surface area contributed by atoms with E-state index in [1.54, 1.807) is 21.0 Å². The average molecular weight is 518 g/mol. The Labute approximate surface area is 215 Å². The third-order valence-electron chi connectivity index (χ3n) is 7.13. The molecular formula is C28H33F2NO6. The molecule has 1 saturated heterocycles. The summed E-state index contributed by atoms with van der Waals surface area (Å²) in [6.45, 7) is 3.43. The zero-order valence-electron chi connectivity index (χ0n) is 21.3. The molecule has 3 fully saturated rings. The standard InChI is InChI=1S/C28H33F2NO6/c1-27(2)36-24-14-28(26(32)31-18-10-11-18,35-15-17-6-4-7-19(12-17)33-3)13-23(25(24)37-27)34-16-20-21(29)8-5-9-22(20)30/h4-9,12,18,23-25H,10-11,13-16H2,1-3H3,(H,31,32)/t23?,24-,25+,28-/m1/s1. The maximum absolute atomic E-state index is 14.3. The molecule has 0 aromatic heterocycles. The van der Waals surface area contributed by atoms with E-state index in [1.807, 2.05) is 24.3 Å². The molecule has 1 aliphatic heterocycles. The molecule has 5 rings (SSSR count). The smallest absolute Gasteiger partial charge is 0.252 e. The third-order valence-corrected chi connectivity index (χ3v) is 7.13. The van der Waals surface area contributed by atoms with Crippen molar-refractivity contribution < 1.29 is 37.3 Å². The van der Waals surface area contributed by atoms with Gasteiger partial charge in [-0.1, -0.05) is 18.2 Å². The molecule has 1 N–H and O–H groups in total. The van der Waals surface area contributed by atoms with E-state index in [2.05, 4.69) is 5.32 Å². The predicted molar refractivity (Wildman–Crippen MR) is 130 cm³/mol. The highest BCUT2D eigenvalue weighted by Gasteiger charge is 2.58. The lowest BCUT2D eigenvalue weighted by Gasteiger charge is -2.43. The van der Waals surface area contributed by atoms with Crippen molar-refractivity contribution in [1.29, 1.82) is 0 Å².